The molecule has 1 saturated heterocycles. The number of benzene rings is 3. The number of methoxy groups -OCH3 is 1. The Labute approximate surface area is 224 Å². The van der Waals surface area contributed by atoms with Crippen molar-refractivity contribution in [3.8, 4) is 5.75 Å². The molecule has 1 atom stereocenters. The second-order valence-corrected chi connectivity index (χ2v) is 11.5. The maximum Gasteiger partial charge on any atom is 0.259 e. The first-order valence-electron chi connectivity index (χ1n) is 12.6. The van der Waals surface area contributed by atoms with Crippen molar-refractivity contribution in [3.63, 3.8) is 0 Å². The van der Waals surface area contributed by atoms with E-state index in [1.165, 1.54) is 29.6 Å². The van der Waals surface area contributed by atoms with E-state index in [0.717, 1.165) is 18.4 Å². The molecule has 3 aromatic carbocycles. The van der Waals surface area contributed by atoms with E-state index in [-0.39, 0.29) is 33.7 Å². The first-order chi connectivity index (χ1) is 18.2. The molecule has 1 fully saturated rings. The Balaban J connectivity index is 1.57. The maximum atomic E-state index is 13.4. The molecule has 0 unspecified atom stereocenters. The molecule has 200 valence electrons. The summed E-state index contributed by atoms with van der Waals surface area (Å²) in [5, 5.41) is 5.73. The summed E-state index contributed by atoms with van der Waals surface area (Å²) in [5.74, 6) is -0.220. The van der Waals surface area contributed by atoms with Gasteiger partial charge in [-0.1, -0.05) is 49.4 Å². The standard InChI is InChI=1S/C29H33N3O5S/c1-20-15-17-32(18-16-20)38(35,36)23-13-14-27(37-3)25(19-23)29(34)31-26-12-8-7-11-24(26)28(33)30-21(2)22-9-5-4-6-10-22/h4-14,19-21H,15-18H2,1-3H3,(H,30,33)(H,31,34)/t21-/m0/s1. The third-order valence-corrected chi connectivity index (χ3v) is 8.76. The van der Waals surface area contributed by atoms with Gasteiger partial charge in [0, 0.05) is 13.1 Å². The summed E-state index contributed by atoms with van der Waals surface area (Å²) in [7, 11) is -2.35. The highest BCUT2D eigenvalue weighted by Crippen LogP contribution is 2.28. The van der Waals surface area contributed by atoms with Gasteiger partial charge < -0.3 is 15.4 Å². The topological polar surface area (TPSA) is 105 Å². The van der Waals surface area contributed by atoms with E-state index in [9.17, 15) is 18.0 Å². The van der Waals surface area contributed by atoms with Gasteiger partial charge in [-0.05, 0) is 61.6 Å². The summed E-state index contributed by atoms with van der Waals surface area (Å²) in [6.45, 7) is 4.89. The van der Waals surface area contributed by atoms with Crippen molar-refractivity contribution in [3.05, 3.63) is 89.5 Å². The molecule has 1 aliphatic heterocycles. The Morgan fingerprint density at radius 1 is 0.921 bits per heavy atom. The van der Waals surface area contributed by atoms with Gasteiger partial charge >= 0.3 is 0 Å². The van der Waals surface area contributed by atoms with Crippen LogP contribution in [-0.4, -0.2) is 44.7 Å². The smallest absolute Gasteiger partial charge is 0.259 e. The van der Waals surface area contributed by atoms with Crippen LogP contribution in [0.25, 0.3) is 0 Å². The van der Waals surface area contributed by atoms with Crippen molar-refractivity contribution in [2.75, 3.05) is 25.5 Å². The van der Waals surface area contributed by atoms with E-state index in [1.54, 1.807) is 24.3 Å². The van der Waals surface area contributed by atoms with Crippen molar-refractivity contribution < 1.29 is 22.7 Å². The van der Waals surface area contributed by atoms with Gasteiger partial charge in [0.25, 0.3) is 11.8 Å². The predicted molar refractivity (Wildman–Crippen MR) is 147 cm³/mol. The molecule has 0 saturated carbocycles. The van der Waals surface area contributed by atoms with E-state index in [2.05, 4.69) is 17.6 Å². The van der Waals surface area contributed by atoms with Crippen LogP contribution in [0.2, 0.25) is 0 Å². The number of rotatable bonds is 8. The zero-order valence-electron chi connectivity index (χ0n) is 21.8. The van der Waals surface area contributed by atoms with Gasteiger partial charge in [-0.2, -0.15) is 4.31 Å². The average molecular weight is 536 g/mol. The van der Waals surface area contributed by atoms with E-state index in [4.69, 9.17) is 4.74 Å². The lowest BCUT2D eigenvalue weighted by Crippen LogP contribution is -2.38. The quantitative estimate of drug-likeness (QED) is 0.429. The van der Waals surface area contributed by atoms with Crippen molar-refractivity contribution in [2.24, 2.45) is 5.92 Å². The molecule has 3 aromatic rings. The molecular weight excluding hydrogens is 502 g/mol. The molecule has 0 radical (unpaired) electrons. The van der Waals surface area contributed by atoms with E-state index >= 15 is 0 Å². The van der Waals surface area contributed by atoms with Crippen LogP contribution in [0.15, 0.2) is 77.7 Å². The highest BCUT2D eigenvalue weighted by atomic mass is 32.2. The second-order valence-electron chi connectivity index (χ2n) is 9.55. The fourth-order valence-electron chi connectivity index (χ4n) is 4.48. The average Bonchev–Trinajstić information content (AvgIpc) is 2.93. The highest BCUT2D eigenvalue weighted by Gasteiger charge is 2.29. The van der Waals surface area contributed by atoms with Crippen molar-refractivity contribution in [1.29, 1.82) is 0 Å². The third kappa shape index (κ3) is 6.06. The molecule has 0 aromatic heterocycles. The predicted octanol–water partition coefficient (Wildman–Crippen LogP) is 4.86. The van der Waals surface area contributed by atoms with E-state index in [1.807, 2.05) is 37.3 Å². The zero-order chi connectivity index (χ0) is 27.3. The molecule has 2 amide bonds. The minimum atomic E-state index is -3.77. The Kier molecular flexibility index (Phi) is 8.48. The Morgan fingerprint density at radius 2 is 1.58 bits per heavy atom. The van der Waals surface area contributed by atoms with Crippen molar-refractivity contribution in [2.45, 2.75) is 37.6 Å². The molecule has 0 bridgehead atoms. The van der Waals surface area contributed by atoms with Gasteiger partial charge in [0.15, 0.2) is 0 Å². The lowest BCUT2D eigenvalue weighted by molar-refractivity contribution is 0.0940. The zero-order valence-corrected chi connectivity index (χ0v) is 22.6. The van der Waals surface area contributed by atoms with Crippen molar-refractivity contribution in [1.82, 2.24) is 9.62 Å². The lowest BCUT2D eigenvalue weighted by Gasteiger charge is -2.29. The normalized spacial score (nSPS) is 15.4. The minimum Gasteiger partial charge on any atom is -0.496 e. The Bertz CT molecular complexity index is 1400. The summed E-state index contributed by atoms with van der Waals surface area (Å²) >= 11 is 0. The summed E-state index contributed by atoms with van der Waals surface area (Å²) in [5.41, 5.74) is 1.60. The summed E-state index contributed by atoms with van der Waals surface area (Å²) < 4.78 is 33.4. The van der Waals surface area contributed by atoms with Gasteiger partial charge in [-0.15, -0.1) is 0 Å². The van der Waals surface area contributed by atoms with Crippen LogP contribution < -0.4 is 15.4 Å². The SMILES string of the molecule is COc1ccc(S(=O)(=O)N2CCC(C)CC2)cc1C(=O)Nc1ccccc1C(=O)N[C@@H](C)c1ccccc1. The number of ether oxygens (including phenoxy) is 1. The van der Waals surface area contributed by atoms with Gasteiger partial charge in [-0.25, -0.2) is 8.42 Å². The molecule has 2 N–H and O–H groups in total. The van der Waals surface area contributed by atoms with Crippen LogP contribution in [0.1, 0.15) is 59.0 Å². The van der Waals surface area contributed by atoms with Crippen LogP contribution in [0.5, 0.6) is 5.75 Å². The summed E-state index contributed by atoms with van der Waals surface area (Å²) in [6.07, 6.45) is 1.59. The number of hydrogen-bond donors (Lipinski definition) is 2. The number of anilines is 1. The van der Waals surface area contributed by atoms with Gasteiger partial charge in [0.2, 0.25) is 10.0 Å². The number of hydrogen-bond acceptors (Lipinski definition) is 5. The number of nitrogens with zero attached hydrogens (tertiary/aromatic N) is 1. The van der Waals surface area contributed by atoms with Crippen LogP contribution in [0.3, 0.4) is 0 Å². The third-order valence-electron chi connectivity index (χ3n) is 6.86. The summed E-state index contributed by atoms with van der Waals surface area (Å²) in [4.78, 5) is 26.5. The monoisotopic (exact) mass is 535 g/mol. The van der Waals surface area contributed by atoms with Gasteiger partial charge in [0.1, 0.15) is 5.75 Å². The fraction of sp³-hybridized carbons (Fsp3) is 0.310. The molecule has 1 heterocycles. The maximum absolute atomic E-state index is 13.4. The fourth-order valence-corrected chi connectivity index (χ4v) is 5.97. The molecular formula is C29H33N3O5S. The van der Waals surface area contributed by atoms with Crippen LogP contribution in [0.4, 0.5) is 5.69 Å². The second kappa shape index (κ2) is 11.8. The first kappa shape index (κ1) is 27.3. The van der Waals surface area contributed by atoms with Gasteiger partial charge in [0.05, 0.1) is 34.9 Å². The number of sulfonamides is 1. The van der Waals surface area contributed by atoms with E-state index in [0.29, 0.717) is 24.7 Å². The molecule has 9 heteroatoms. The highest BCUT2D eigenvalue weighted by molar-refractivity contribution is 7.89. The molecule has 1 aliphatic rings. The Morgan fingerprint density at radius 3 is 2.26 bits per heavy atom. The molecule has 8 nitrogen and oxygen atoms in total. The number of nitrogens with one attached hydrogen (secondary N) is 2. The summed E-state index contributed by atoms with van der Waals surface area (Å²) in [6, 6.07) is 20.3. The number of para-hydroxylation sites is 1. The van der Waals surface area contributed by atoms with Crippen LogP contribution in [0, 0.1) is 5.92 Å². The van der Waals surface area contributed by atoms with Crippen LogP contribution >= 0.6 is 0 Å². The van der Waals surface area contributed by atoms with Gasteiger partial charge in [-0.3, -0.25) is 9.59 Å². The number of carbonyl (C=O) groups is 2. The number of amides is 2. The molecule has 0 aliphatic carbocycles. The lowest BCUT2D eigenvalue weighted by atomic mass is 10.0. The largest absolute Gasteiger partial charge is 0.496 e. The minimum absolute atomic E-state index is 0.0284. The molecule has 0 spiro atoms. The van der Waals surface area contributed by atoms with Crippen LogP contribution in [-0.2, 0) is 10.0 Å². The number of piperidine rings is 1. The van der Waals surface area contributed by atoms with Crippen molar-refractivity contribution >= 4 is 27.5 Å². The number of carbonyl (C=O) groups excluding carboxylic acids is 2. The first-order valence-corrected chi connectivity index (χ1v) is 14.1. The molecule has 38 heavy (non-hydrogen) atoms. The molecule has 4 rings (SSSR count). The Hall–Kier alpha value is -3.69. The van der Waals surface area contributed by atoms with E-state index < -0.39 is 15.9 Å².